The number of halogens is 1. The van der Waals surface area contributed by atoms with Crippen LogP contribution >= 0.6 is 0 Å². The number of nitrogens with two attached hydrogens (primary N) is 1. The molecule has 17 heavy (non-hydrogen) atoms. The Morgan fingerprint density at radius 1 is 1.41 bits per heavy atom. The lowest BCUT2D eigenvalue weighted by Gasteiger charge is -2.23. The summed E-state index contributed by atoms with van der Waals surface area (Å²) in [5, 5.41) is 11.6. The minimum atomic E-state index is -1.29. The maximum atomic E-state index is 12.9. The Labute approximate surface area is 97.4 Å². The van der Waals surface area contributed by atoms with E-state index in [9.17, 15) is 14.0 Å². The summed E-state index contributed by atoms with van der Waals surface area (Å²) >= 11 is 0. The molecule has 0 radical (unpaired) electrons. The smallest absolute Gasteiger partial charge is 0.328 e. The van der Waals surface area contributed by atoms with E-state index in [4.69, 9.17) is 10.8 Å². The third kappa shape index (κ3) is 2.93. The number of carbonyl (C=O) groups excluding carboxylic acids is 1. The van der Waals surface area contributed by atoms with E-state index in [1.54, 1.807) is 0 Å². The minimum absolute atomic E-state index is 0.0840. The number of amides is 1. The van der Waals surface area contributed by atoms with Gasteiger partial charge in [0.2, 0.25) is 0 Å². The van der Waals surface area contributed by atoms with Crippen molar-refractivity contribution in [2.24, 2.45) is 5.73 Å². The molecule has 0 spiro atoms. The van der Waals surface area contributed by atoms with Gasteiger partial charge in [-0.05, 0) is 32.0 Å². The zero-order valence-electron chi connectivity index (χ0n) is 9.45. The Balaban J connectivity index is 3.15. The number of carboxylic acid groups (broad SMARTS) is 1. The fourth-order valence-corrected chi connectivity index (χ4v) is 1.22. The predicted octanol–water partition coefficient (Wildman–Crippen LogP) is 1.20. The van der Waals surface area contributed by atoms with Crippen LogP contribution in [0, 0.1) is 5.82 Å². The van der Waals surface area contributed by atoms with Crippen molar-refractivity contribution in [3.8, 4) is 0 Å². The number of hydrogen-bond acceptors (Lipinski definition) is 3. The Bertz CT molecular complexity index is 472. The van der Waals surface area contributed by atoms with Gasteiger partial charge in [0.15, 0.2) is 0 Å². The van der Waals surface area contributed by atoms with E-state index in [0.29, 0.717) is 0 Å². The van der Waals surface area contributed by atoms with Gasteiger partial charge >= 0.3 is 5.97 Å². The van der Waals surface area contributed by atoms with Crippen molar-refractivity contribution in [3.05, 3.63) is 29.6 Å². The van der Waals surface area contributed by atoms with E-state index in [1.165, 1.54) is 19.9 Å². The van der Waals surface area contributed by atoms with Gasteiger partial charge in [0.1, 0.15) is 11.4 Å². The molecule has 0 aromatic heterocycles. The number of anilines is 1. The number of carboxylic acids is 1. The Morgan fingerprint density at radius 3 is 2.47 bits per heavy atom. The molecule has 1 aromatic rings. The fourth-order valence-electron chi connectivity index (χ4n) is 1.22. The molecule has 0 unspecified atom stereocenters. The third-order valence-corrected chi connectivity index (χ3v) is 2.23. The van der Waals surface area contributed by atoms with Crippen LogP contribution in [-0.4, -0.2) is 22.5 Å². The molecule has 0 saturated carbocycles. The third-order valence-electron chi connectivity index (χ3n) is 2.23. The average Bonchev–Trinajstić information content (AvgIpc) is 2.19. The summed E-state index contributed by atoms with van der Waals surface area (Å²) in [6.45, 7) is 2.84. The normalized spacial score (nSPS) is 11.0. The van der Waals surface area contributed by atoms with Crippen LogP contribution in [-0.2, 0) is 4.79 Å². The summed E-state index contributed by atoms with van der Waals surface area (Å²) in [6, 6.07) is 3.36. The maximum absolute atomic E-state index is 12.9. The highest BCUT2D eigenvalue weighted by Gasteiger charge is 2.28. The number of carbonyl (C=O) groups is 2. The summed E-state index contributed by atoms with van der Waals surface area (Å²) in [7, 11) is 0. The number of rotatable bonds is 4. The zero-order chi connectivity index (χ0) is 13.2. The minimum Gasteiger partial charge on any atom is -0.480 e. The van der Waals surface area contributed by atoms with Crippen LogP contribution in [0.5, 0.6) is 0 Å². The van der Waals surface area contributed by atoms with E-state index >= 15 is 0 Å². The molecule has 6 heteroatoms. The van der Waals surface area contributed by atoms with Crippen LogP contribution in [0.25, 0.3) is 0 Å². The lowest BCUT2D eigenvalue weighted by atomic mass is 10.0. The van der Waals surface area contributed by atoms with Gasteiger partial charge in [-0.3, -0.25) is 4.79 Å². The Kier molecular flexibility index (Phi) is 3.36. The first-order chi connectivity index (χ1) is 7.74. The van der Waals surface area contributed by atoms with E-state index in [2.05, 4.69) is 5.32 Å². The SMILES string of the molecule is CC(C)(Nc1ccc(F)cc1C(N)=O)C(=O)O. The molecule has 1 rings (SSSR count). The van der Waals surface area contributed by atoms with Crippen molar-refractivity contribution in [1.82, 2.24) is 0 Å². The summed E-state index contributed by atoms with van der Waals surface area (Å²) < 4.78 is 12.9. The van der Waals surface area contributed by atoms with E-state index < -0.39 is 23.2 Å². The fraction of sp³-hybridized carbons (Fsp3) is 0.273. The molecule has 1 aromatic carbocycles. The van der Waals surface area contributed by atoms with Crippen molar-refractivity contribution >= 4 is 17.6 Å². The largest absolute Gasteiger partial charge is 0.480 e. The molecule has 0 saturated heterocycles. The number of hydrogen-bond donors (Lipinski definition) is 3. The second kappa shape index (κ2) is 4.40. The summed E-state index contributed by atoms with van der Waals surface area (Å²) in [5.41, 5.74) is 3.90. The van der Waals surface area contributed by atoms with Crippen molar-refractivity contribution < 1.29 is 19.1 Å². The van der Waals surface area contributed by atoms with Gasteiger partial charge in [-0.2, -0.15) is 0 Å². The molecule has 5 nitrogen and oxygen atoms in total. The molecule has 92 valence electrons. The zero-order valence-corrected chi connectivity index (χ0v) is 9.45. The quantitative estimate of drug-likeness (QED) is 0.737. The highest BCUT2D eigenvalue weighted by molar-refractivity contribution is 5.99. The highest BCUT2D eigenvalue weighted by Crippen LogP contribution is 2.21. The average molecular weight is 240 g/mol. The standard InChI is InChI=1S/C11H13FN2O3/c1-11(2,10(16)17)14-8-4-3-6(12)5-7(8)9(13)15/h3-5,14H,1-2H3,(H2,13,15)(H,16,17). The monoisotopic (exact) mass is 240 g/mol. The molecule has 0 heterocycles. The summed E-state index contributed by atoms with van der Waals surface area (Å²) in [5.74, 6) is -2.54. The van der Waals surface area contributed by atoms with E-state index in [1.807, 2.05) is 0 Å². The van der Waals surface area contributed by atoms with E-state index in [0.717, 1.165) is 12.1 Å². The number of aliphatic carboxylic acids is 1. The lowest BCUT2D eigenvalue weighted by molar-refractivity contribution is -0.141. The van der Waals surface area contributed by atoms with Gasteiger partial charge in [-0.15, -0.1) is 0 Å². The second-order valence-corrected chi connectivity index (χ2v) is 4.11. The Morgan fingerprint density at radius 2 is 2.00 bits per heavy atom. The number of primary amides is 1. The van der Waals surface area contributed by atoms with Gasteiger partial charge in [0.25, 0.3) is 5.91 Å². The number of nitrogens with one attached hydrogen (secondary N) is 1. The van der Waals surface area contributed by atoms with Gasteiger partial charge in [0, 0.05) is 5.69 Å². The van der Waals surface area contributed by atoms with Crippen LogP contribution in [0.1, 0.15) is 24.2 Å². The van der Waals surface area contributed by atoms with Crippen LogP contribution in [0.2, 0.25) is 0 Å². The molecule has 0 aliphatic rings. The molecular weight excluding hydrogens is 227 g/mol. The van der Waals surface area contributed by atoms with Crippen LogP contribution in [0.4, 0.5) is 10.1 Å². The van der Waals surface area contributed by atoms with Crippen LogP contribution in [0.3, 0.4) is 0 Å². The number of benzene rings is 1. The van der Waals surface area contributed by atoms with Gasteiger partial charge < -0.3 is 16.2 Å². The predicted molar refractivity (Wildman–Crippen MR) is 60.3 cm³/mol. The first-order valence-corrected chi connectivity index (χ1v) is 4.85. The topological polar surface area (TPSA) is 92.4 Å². The lowest BCUT2D eigenvalue weighted by Crippen LogP contribution is -2.40. The molecular formula is C11H13FN2O3. The first kappa shape index (κ1) is 13.0. The molecule has 1 amide bonds. The summed E-state index contributed by atoms with van der Waals surface area (Å²) in [6.07, 6.45) is 0. The van der Waals surface area contributed by atoms with Crippen molar-refractivity contribution in [3.63, 3.8) is 0 Å². The first-order valence-electron chi connectivity index (χ1n) is 4.85. The molecule has 0 aliphatic carbocycles. The van der Waals surface area contributed by atoms with Crippen molar-refractivity contribution in [2.75, 3.05) is 5.32 Å². The van der Waals surface area contributed by atoms with E-state index in [-0.39, 0.29) is 11.3 Å². The Hall–Kier alpha value is -2.11. The second-order valence-electron chi connectivity index (χ2n) is 4.11. The van der Waals surface area contributed by atoms with Crippen LogP contribution in [0.15, 0.2) is 18.2 Å². The van der Waals surface area contributed by atoms with Crippen molar-refractivity contribution in [1.29, 1.82) is 0 Å². The highest BCUT2D eigenvalue weighted by atomic mass is 19.1. The molecule has 0 bridgehead atoms. The molecule has 4 N–H and O–H groups in total. The molecule has 0 atom stereocenters. The van der Waals surface area contributed by atoms with Gasteiger partial charge in [0.05, 0.1) is 5.56 Å². The van der Waals surface area contributed by atoms with Gasteiger partial charge in [-0.1, -0.05) is 0 Å². The van der Waals surface area contributed by atoms with Crippen LogP contribution < -0.4 is 11.1 Å². The maximum Gasteiger partial charge on any atom is 0.328 e. The molecule has 0 fully saturated rings. The van der Waals surface area contributed by atoms with Crippen molar-refractivity contribution in [2.45, 2.75) is 19.4 Å². The summed E-state index contributed by atoms with van der Waals surface area (Å²) in [4.78, 5) is 22.0. The molecule has 0 aliphatic heterocycles. The van der Waals surface area contributed by atoms with Gasteiger partial charge in [-0.25, -0.2) is 9.18 Å².